The number of aromatic nitrogens is 1. The molecule has 1 aromatic heterocycles. The molecule has 0 unspecified atom stereocenters. The number of nitrogens with two attached hydrogens (primary N) is 1. The Kier molecular flexibility index (Phi) is 3.36. The molecule has 1 aromatic carbocycles. The summed E-state index contributed by atoms with van der Waals surface area (Å²) in [6.45, 7) is 6.12. The van der Waals surface area contributed by atoms with Crippen molar-refractivity contribution in [2.24, 2.45) is 5.73 Å². The maximum atomic E-state index is 5.58. The Morgan fingerprint density at radius 1 is 1.31 bits per heavy atom. The van der Waals surface area contributed by atoms with Gasteiger partial charge in [-0.2, -0.15) is 0 Å². The molecule has 1 heterocycles. The number of hydrogen-bond donors (Lipinski definition) is 1. The van der Waals surface area contributed by atoms with Crippen molar-refractivity contribution in [3.05, 3.63) is 33.9 Å². The first-order chi connectivity index (χ1) is 7.65. The summed E-state index contributed by atoms with van der Waals surface area (Å²) in [5, 5.41) is 1.34. The number of fused-ring (bicyclic) bond motifs is 1. The van der Waals surface area contributed by atoms with E-state index in [0.29, 0.717) is 0 Å². The van der Waals surface area contributed by atoms with Crippen molar-refractivity contribution < 1.29 is 0 Å². The largest absolute Gasteiger partial charge is 0.345 e. The summed E-state index contributed by atoms with van der Waals surface area (Å²) in [7, 11) is 0. The minimum Gasteiger partial charge on any atom is -0.345 e. The van der Waals surface area contributed by atoms with Gasteiger partial charge < -0.3 is 10.3 Å². The van der Waals surface area contributed by atoms with E-state index in [1.165, 1.54) is 22.2 Å². The van der Waals surface area contributed by atoms with Gasteiger partial charge in [0, 0.05) is 27.6 Å². The molecule has 2 N–H and O–H groups in total. The Balaban J connectivity index is 2.59. The van der Waals surface area contributed by atoms with E-state index in [2.05, 4.69) is 52.5 Å². The summed E-state index contributed by atoms with van der Waals surface area (Å²) in [6, 6.07) is 6.46. The SMILES string of the molecule is Cc1c(C)n(CCCN)c2ccc(Br)cc12. The van der Waals surface area contributed by atoms with Gasteiger partial charge >= 0.3 is 0 Å². The molecule has 0 saturated carbocycles. The van der Waals surface area contributed by atoms with Crippen LogP contribution >= 0.6 is 15.9 Å². The second-order valence-electron chi connectivity index (χ2n) is 4.17. The first kappa shape index (κ1) is 11.7. The van der Waals surface area contributed by atoms with E-state index in [-0.39, 0.29) is 0 Å². The highest BCUT2D eigenvalue weighted by molar-refractivity contribution is 9.10. The van der Waals surface area contributed by atoms with Crippen LogP contribution in [0.5, 0.6) is 0 Å². The van der Waals surface area contributed by atoms with Gasteiger partial charge in [-0.15, -0.1) is 0 Å². The van der Waals surface area contributed by atoms with Crippen molar-refractivity contribution >= 4 is 26.8 Å². The van der Waals surface area contributed by atoms with Gasteiger partial charge in [0.25, 0.3) is 0 Å². The molecule has 16 heavy (non-hydrogen) atoms. The Morgan fingerprint density at radius 2 is 2.06 bits per heavy atom. The maximum absolute atomic E-state index is 5.58. The van der Waals surface area contributed by atoms with Crippen molar-refractivity contribution in [1.29, 1.82) is 0 Å². The zero-order chi connectivity index (χ0) is 11.7. The molecule has 0 atom stereocenters. The van der Waals surface area contributed by atoms with Gasteiger partial charge in [-0.1, -0.05) is 15.9 Å². The average molecular weight is 281 g/mol. The summed E-state index contributed by atoms with van der Waals surface area (Å²) in [5.74, 6) is 0. The second kappa shape index (κ2) is 4.60. The zero-order valence-corrected chi connectivity index (χ0v) is 11.3. The normalized spacial score (nSPS) is 11.2. The van der Waals surface area contributed by atoms with E-state index in [4.69, 9.17) is 5.73 Å². The number of nitrogens with zero attached hydrogens (tertiary/aromatic N) is 1. The second-order valence-corrected chi connectivity index (χ2v) is 5.08. The molecule has 0 radical (unpaired) electrons. The van der Waals surface area contributed by atoms with E-state index in [9.17, 15) is 0 Å². The summed E-state index contributed by atoms with van der Waals surface area (Å²) < 4.78 is 3.50. The fourth-order valence-corrected chi connectivity index (χ4v) is 2.52. The van der Waals surface area contributed by atoms with E-state index < -0.39 is 0 Å². The molecule has 0 saturated heterocycles. The van der Waals surface area contributed by atoms with Gasteiger partial charge in [-0.3, -0.25) is 0 Å². The molecule has 2 aromatic rings. The molecule has 0 bridgehead atoms. The fraction of sp³-hybridized carbons (Fsp3) is 0.385. The molecule has 2 rings (SSSR count). The minimum absolute atomic E-state index is 0.745. The summed E-state index contributed by atoms with van der Waals surface area (Å²) in [4.78, 5) is 0. The van der Waals surface area contributed by atoms with E-state index in [1.54, 1.807) is 0 Å². The standard InChI is InChI=1S/C13H17BrN2/c1-9-10(2)16(7-3-6-15)13-5-4-11(14)8-12(9)13/h4-5,8H,3,6-7,15H2,1-2H3. The molecule has 0 aliphatic carbocycles. The molecule has 0 aliphatic heterocycles. The van der Waals surface area contributed by atoms with Crippen LogP contribution in [0.25, 0.3) is 10.9 Å². The Hall–Kier alpha value is -0.800. The first-order valence-electron chi connectivity index (χ1n) is 5.60. The van der Waals surface area contributed by atoms with Gasteiger partial charge in [0.2, 0.25) is 0 Å². The number of hydrogen-bond acceptors (Lipinski definition) is 1. The molecule has 0 amide bonds. The van der Waals surface area contributed by atoms with Gasteiger partial charge in [0.05, 0.1) is 0 Å². The number of rotatable bonds is 3. The quantitative estimate of drug-likeness (QED) is 0.918. The summed E-state index contributed by atoms with van der Waals surface area (Å²) in [5.41, 5.74) is 9.61. The number of halogens is 1. The highest BCUT2D eigenvalue weighted by atomic mass is 79.9. The van der Waals surface area contributed by atoms with Crippen LogP contribution in [0, 0.1) is 13.8 Å². The molecular formula is C13H17BrN2. The molecule has 3 heteroatoms. The van der Waals surface area contributed by atoms with Crippen LogP contribution in [0.1, 0.15) is 17.7 Å². The molecule has 86 valence electrons. The van der Waals surface area contributed by atoms with Gasteiger partial charge in [0.15, 0.2) is 0 Å². The summed E-state index contributed by atoms with van der Waals surface area (Å²) in [6.07, 6.45) is 1.03. The molecule has 0 fully saturated rings. The lowest BCUT2D eigenvalue weighted by molar-refractivity contribution is 0.655. The average Bonchev–Trinajstić information content (AvgIpc) is 2.50. The van der Waals surface area contributed by atoms with Crippen LogP contribution in [0.15, 0.2) is 22.7 Å². The highest BCUT2D eigenvalue weighted by Gasteiger charge is 2.10. The van der Waals surface area contributed by atoms with Gasteiger partial charge in [-0.05, 0) is 50.6 Å². The van der Waals surface area contributed by atoms with Crippen LogP contribution in [0.2, 0.25) is 0 Å². The van der Waals surface area contributed by atoms with Crippen LogP contribution in [0.4, 0.5) is 0 Å². The molecule has 0 spiro atoms. The fourth-order valence-electron chi connectivity index (χ4n) is 2.16. The summed E-state index contributed by atoms with van der Waals surface area (Å²) >= 11 is 3.52. The smallest absolute Gasteiger partial charge is 0.0485 e. The minimum atomic E-state index is 0.745. The van der Waals surface area contributed by atoms with Crippen LogP contribution < -0.4 is 5.73 Å². The number of aryl methyl sites for hydroxylation is 2. The van der Waals surface area contributed by atoms with Crippen LogP contribution in [-0.4, -0.2) is 11.1 Å². The van der Waals surface area contributed by atoms with Crippen LogP contribution in [0.3, 0.4) is 0 Å². The topological polar surface area (TPSA) is 30.9 Å². The van der Waals surface area contributed by atoms with Crippen molar-refractivity contribution in [2.45, 2.75) is 26.8 Å². The van der Waals surface area contributed by atoms with Crippen molar-refractivity contribution in [2.75, 3.05) is 6.54 Å². The first-order valence-corrected chi connectivity index (χ1v) is 6.39. The van der Waals surface area contributed by atoms with Crippen molar-refractivity contribution in [3.8, 4) is 0 Å². The van der Waals surface area contributed by atoms with E-state index in [0.717, 1.165) is 24.0 Å². The van der Waals surface area contributed by atoms with E-state index >= 15 is 0 Å². The Labute approximate surface area is 105 Å². The van der Waals surface area contributed by atoms with Crippen molar-refractivity contribution in [3.63, 3.8) is 0 Å². The molecule has 2 nitrogen and oxygen atoms in total. The monoisotopic (exact) mass is 280 g/mol. The lowest BCUT2D eigenvalue weighted by atomic mass is 10.2. The lowest BCUT2D eigenvalue weighted by Crippen LogP contribution is -2.06. The van der Waals surface area contributed by atoms with E-state index in [1.807, 2.05) is 0 Å². The van der Waals surface area contributed by atoms with Crippen molar-refractivity contribution in [1.82, 2.24) is 4.57 Å². The highest BCUT2D eigenvalue weighted by Crippen LogP contribution is 2.28. The molecular weight excluding hydrogens is 264 g/mol. The predicted molar refractivity (Wildman–Crippen MR) is 72.8 cm³/mol. The lowest BCUT2D eigenvalue weighted by Gasteiger charge is -2.07. The third-order valence-corrected chi connectivity index (χ3v) is 3.68. The Morgan fingerprint density at radius 3 is 2.75 bits per heavy atom. The third-order valence-electron chi connectivity index (χ3n) is 3.19. The molecule has 0 aliphatic rings. The van der Waals surface area contributed by atoms with Crippen LogP contribution in [-0.2, 0) is 6.54 Å². The predicted octanol–water partition coefficient (Wildman–Crippen LogP) is 3.37. The zero-order valence-electron chi connectivity index (χ0n) is 9.76. The van der Waals surface area contributed by atoms with Gasteiger partial charge in [-0.25, -0.2) is 0 Å². The van der Waals surface area contributed by atoms with Gasteiger partial charge in [0.1, 0.15) is 0 Å². The number of benzene rings is 1. The maximum Gasteiger partial charge on any atom is 0.0485 e. The third kappa shape index (κ3) is 1.89. The Bertz CT molecular complexity index is 514.